The maximum atomic E-state index is 6.17. The third-order valence-electron chi connectivity index (χ3n) is 2.41. The molecule has 0 bridgehead atoms. The minimum atomic E-state index is 0.546. The molecule has 3 rings (SSSR count). The summed E-state index contributed by atoms with van der Waals surface area (Å²) in [4.78, 5) is 10.3. The van der Waals surface area contributed by atoms with Crippen LogP contribution in [-0.2, 0) is 0 Å². The Bertz CT molecular complexity index is 711. The van der Waals surface area contributed by atoms with Crippen LogP contribution in [0.4, 0.5) is 0 Å². The van der Waals surface area contributed by atoms with E-state index in [2.05, 4.69) is 9.97 Å². The Hall–Kier alpha value is -1.23. The molecule has 0 aliphatic carbocycles. The van der Waals surface area contributed by atoms with Crippen LogP contribution in [0.1, 0.15) is 0 Å². The average molecular weight is 296 g/mol. The minimum absolute atomic E-state index is 0.546. The van der Waals surface area contributed by atoms with E-state index < -0.39 is 0 Å². The van der Waals surface area contributed by atoms with Gasteiger partial charge in [0.2, 0.25) is 0 Å². The van der Waals surface area contributed by atoms with Crippen molar-refractivity contribution < 1.29 is 0 Å². The Morgan fingerprint density at radius 1 is 1.17 bits per heavy atom. The second-order valence-corrected chi connectivity index (χ2v) is 5.44. The minimum Gasteiger partial charge on any atom is -0.290 e. The van der Waals surface area contributed by atoms with E-state index in [1.165, 1.54) is 11.8 Å². The smallest absolute Gasteiger partial charge is 0.153 e. The Labute approximate surface area is 118 Å². The molecule has 3 nitrogen and oxygen atoms in total. The van der Waals surface area contributed by atoms with Crippen molar-refractivity contribution in [3.63, 3.8) is 0 Å². The summed E-state index contributed by atoms with van der Waals surface area (Å²) in [6.45, 7) is 0. The van der Waals surface area contributed by atoms with Gasteiger partial charge in [-0.15, -0.1) is 0 Å². The largest absolute Gasteiger partial charge is 0.290 e. The van der Waals surface area contributed by atoms with Gasteiger partial charge >= 0.3 is 0 Å². The van der Waals surface area contributed by atoms with Crippen LogP contribution in [0, 0.1) is 0 Å². The molecule has 18 heavy (non-hydrogen) atoms. The Kier molecular flexibility index (Phi) is 3.16. The standard InChI is InChI=1S/C12H7Cl2N3S/c13-8-2-1-3-9(11(8)14)18-10-6-15-7-17-5-4-16-12(10)17/h1-7H. The predicted molar refractivity (Wildman–Crippen MR) is 73.6 cm³/mol. The van der Waals surface area contributed by atoms with Crippen LogP contribution < -0.4 is 0 Å². The van der Waals surface area contributed by atoms with Crippen molar-refractivity contribution >= 4 is 40.6 Å². The summed E-state index contributed by atoms with van der Waals surface area (Å²) in [7, 11) is 0. The van der Waals surface area contributed by atoms with E-state index in [0.29, 0.717) is 10.0 Å². The second kappa shape index (κ2) is 4.80. The van der Waals surface area contributed by atoms with Crippen LogP contribution in [0.2, 0.25) is 10.0 Å². The first kappa shape index (κ1) is 11.8. The number of rotatable bonds is 2. The van der Waals surface area contributed by atoms with Crippen LogP contribution in [0.25, 0.3) is 5.65 Å². The monoisotopic (exact) mass is 295 g/mol. The van der Waals surface area contributed by atoms with E-state index in [1.807, 2.05) is 22.7 Å². The summed E-state index contributed by atoms with van der Waals surface area (Å²) < 4.78 is 1.86. The van der Waals surface area contributed by atoms with E-state index >= 15 is 0 Å². The molecule has 0 aliphatic rings. The van der Waals surface area contributed by atoms with Crippen molar-refractivity contribution in [3.8, 4) is 0 Å². The summed E-state index contributed by atoms with van der Waals surface area (Å²) in [5, 5.41) is 1.10. The summed E-state index contributed by atoms with van der Waals surface area (Å²) in [6.07, 6.45) is 7.07. The topological polar surface area (TPSA) is 30.2 Å². The molecule has 0 atom stereocenters. The van der Waals surface area contributed by atoms with Gasteiger partial charge in [0, 0.05) is 23.5 Å². The van der Waals surface area contributed by atoms with Gasteiger partial charge in [-0.05, 0) is 12.1 Å². The number of hydrogen-bond acceptors (Lipinski definition) is 3. The Morgan fingerprint density at radius 3 is 2.94 bits per heavy atom. The van der Waals surface area contributed by atoms with Gasteiger partial charge < -0.3 is 0 Å². The third-order valence-corrected chi connectivity index (χ3v) is 4.41. The molecule has 0 amide bonds. The number of nitrogens with zero attached hydrogens (tertiary/aromatic N) is 3. The number of hydrogen-bond donors (Lipinski definition) is 0. The molecule has 90 valence electrons. The molecular formula is C12H7Cl2N3S. The fourth-order valence-corrected chi connectivity index (χ4v) is 3.00. The first-order valence-electron chi connectivity index (χ1n) is 5.14. The van der Waals surface area contributed by atoms with Crippen molar-refractivity contribution in [2.24, 2.45) is 0 Å². The lowest BCUT2D eigenvalue weighted by molar-refractivity contribution is 1.04. The average Bonchev–Trinajstić information content (AvgIpc) is 2.84. The number of benzene rings is 1. The van der Waals surface area contributed by atoms with Crippen LogP contribution >= 0.6 is 35.0 Å². The predicted octanol–water partition coefficient (Wildman–Crippen LogP) is 4.19. The van der Waals surface area contributed by atoms with Crippen molar-refractivity contribution in [2.45, 2.75) is 9.79 Å². The van der Waals surface area contributed by atoms with Gasteiger partial charge in [-0.2, -0.15) is 0 Å². The molecule has 0 spiro atoms. The van der Waals surface area contributed by atoms with Gasteiger partial charge in [-0.25, -0.2) is 9.97 Å². The maximum absolute atomic E-state index is 6.17. The van der Waals surface area contributed by atoms with Gasteiger partial charge in [0.15, 0.2) is 5.65 Å². The zero-order chi connectivity index (χ0) is 12.5. The van der Waals surface area contributed by atoms with Crippen molar-refractivity contribution in [1.29, 1.82) is 0 Å². The van der Waals surface area contributed by atoms with E-state index in [-0.39, 0.29) is 0 Å². The Morgan fingerprint density at radius 2 is 2.06 bits per heavy atom. The first-order valence-corrected chi connectivity index (χ1v) is 6.71. The zero-order valence-electron chi connectivity index (χ0n) is 9.05. The normalized spacial score (nSPS) is 11.0. The number of aromatic nitrogens is 3. The van der Waals surface area contributed by atoms with Gasteiger partial charge in [0.05, 0.1) is 14.9 Å². The van der Waals surface area contributed by atoms with E-state index in [0.717, 1.165) is 15.4 Å². The van der Waals surface area contributed by atoms with E-state index in [1.54, 1.807) is 24.8 Å². The maximum Gasteiger partial charge on any atom is 0.153 e. The molecular weight excluding hydrogens is 289 g/mol. The lowest BCUT2D eigenvalue weighted by atomic mass is 10.4. The van der Waals surface area contributed by atoms with Crippen molar-refractivity contribution in [3.05, 3.63) is 53.2 Å². The SMILES string of the molecule is Clc1cccc(Sc2cncn3ccnc23)c1Cl. The molecule has 0 saturated carbocycles. The van der Waals surface area contributed by atoms with Crippen LogP contribution in [0.15, 0.2) is 52.9 Å². The van der Waals surface area contributed by atoms with E-state index in [4.69, 9.17) is 23.2 Å². The molecule has 0 N–H and O–H groups in total. The van der Waals surface area contributed by atoms with Gasteiger partial charge in [0.1, 0.15) is 6.33 Å². The summed E-state index contributed by atoms with van der Waals surface area (Å²) in [5.41, 5.74) is 0.853. The molecule has 6 heteroatoms. The van der Waals surface area contributed by atoms with Gasteiger partial charge in [-0.1, -0.05) is 41.0 Å². The molecule has 0 unspecified atom stereocenters. The second-order valence-electron chi connectivity index (χ2n) is 3.57. The van der Waals surface area contributed by atoms with Gasteiger partial charge in [-0.3, -0.25) is 4.40 Å². The van der Waals surface area contributed by atoms with E-state index in [9.17, 15) is 0 Å². The van der Waals surface area contributed by atoms with Crippen molar-refractivity contribution in [1.82, 2.24) is 14.4 Å². The first-order chi connectivity index (χ1) is 8.75. The molecule has 0 fully saturated rings. The van der Waals surface area contributed by atoms with Crippen LogP contribution in [0.3, 0.4) is 0 Å². The summed E-state index contributed by atoms with van der Waals surface area (Å²) >= 11 is 13.7. The molecule has 2 aromatic heterocycles. The third kappa shape index (κ3) is 2.07. The molecule has 0 saturated heterocycles. The number of imidazole rings is 1. The fourth-order valence-electron chi connectivity index (χ4n) is 1.58. The fraction of sp³-hybridized carbons (Fsp3) is 0. The van der Waals surface area contributed by atoms with Crippen molar-refractivity contribution in [2.75, 3.05) is 0 Å². The lowest BCUT2D eigenvalue weighted by Crippen LogP contribution is -1.88. The highest BCUT2D eigenvalue weighted by Crippen LogP contribution is 2.37. The molecule has 0 radical (unpaired) electrons. The quantitative estimate of drug-likeness (QED) is 0.710. The highest BCUT2D eigenvalue weighted by Gasteiger charge is 2.09. The van der Waals surface area contributed by atoms with Crippen LogP contribution in [0.5, 0.6) is 0 Å². The summed E-state index contributed by atoms with van der Waals surface area (Å²) in [6, 6.07) is 5.56. The molecule has 1 aromatic carbocycles. The van der Waals surface area contributed by atoms with Gasteiger partial charge in [0.25, 0.3) is 0 Å². The highest BCUT2D eigenvalue weighted by atomic mass is 35.5. The molecule has 3 aromatic rings. The summed E-state index contributed by atoms with van der Waals surface area (Å²) in [5.74, 6) is 0. The molecule has 2 heterocycles. The number of halogens is 2. The highest BCUT2D eigenvalue weighted by molar-refractivity contribution is 7.99. The van der Waals surface area contributed by atoms with Crippen LogP contribution in [-0.4, -0.2) is 14.4 Å². The zero-order valence-corrected chi connectivity index (χ0v) is 11.4. The lowest BCUT2D eigenvalue weighted by Gasteiger charge is -2.05. The molecule has 0 aliphatic heterocycles. The Balaban J connectivity index is 2.06. The number of fused-ring (bicyclic) bond motifs is 1.